The Bertz CT molecular complexity index is 1060. The van der Waals surface area contributed by atoms with Crippen molar-refractivity contribution in [2.45, 2.75) is 53.2 Å². The fraction of sp³-hybridized carbons (Fsp3) is 0.320. The van der Waals surface area contributed by atoms with Crippen molar-refractivity contribution in [2.24, 2.45) is 0 Å². The SMILES string of the molecule is Cc1cccc(C)c1NC(=O)N(Cc1nc(C(=O)NC(C)c2ccccc2)cs1)C(C)C. The number of rotatable bonds is 7. The maximum atomic E-state index is 13.0. The number of aromatic nitrogens is 1. The van der Waals surface area contributed by atoms with Gasteiger partial charge in [-0.2, -0.15) is 0 Å². The van der Waals surface area contributed by atoms with E-state index in [0.717, 1.165) is 22.4 Å². The minimum absolute atomic E-state index is 0.0291. The lowest BCUT2D eigenvalue weighted by atomic mass is 10.1. The van der Waals surface area contributed by atoms with Crippen molar-refractivity contribution >= 4 is 29.0 Å². The molecule has 1 aromatic heterocycles. The minimum atomic E-state index is -0.222. The first kappa shape index (κ1) is 23.5. The number of hydrogen-bond acceptors (Lipinski definition) is 4. The molecule has 6 nitrogen and oxygen atoms in total. The summed E-state index contributed by atoms with van der Waals surface area (Å²) in [4.78, 5) is 31.9. The van der Waals surface area contributed by atoms with Gasteiger partial charge in [0.1, 0.15) is 10.7 Å². The predicted molar refractivity (Wildman–Crippen MR) is 130 cm³/mol. The molecule has 0 saturated heterocycles. The Kier molecular flexibility index (Phi) is 7.64. The van der Waals surface area contributed by atoms with Gasteiger partial charge in [-0.25, -0.2) is 9.78 Å². The van der Waals surface area contributed by atoms with E-state index >= 15 is 0 Å². The van der Waals surface area contributed by atoms with Crippen LogP contribution in [0.2, 0.25) is 0 Å². The molecule has 0 fully saturated rings. The smallest absolute Gasteiger partial charge is 0.322 e. The zero-order valence-electron chi connectivity index (χ0n) is 19.2. The van der Waals surface area contributed by atoms with E-state index in [1.54, 1.807) is 10.3 Å². The molecule has 3 rings (SSSR count). The van der Waals surface area contributed by atoms with Gasteiger partial charge in [0.15, 0.2) is 0 Å². The number of hydrogen-bond donors (Lipinski definition) is 2. The number of carbonyl (C=O) groups excluding carboxylic acids is 2. The van der Waals surface area contributed by atoms with Crippen molar-refractivity contribution in [2.75, 3.05) is 5.32 Å². The number of anilines is 1. The van der Waals surface area contributed by atoms with Crippen LogP contribution in [0.4, 0.5) is 10.5 Å². The summed E-state index contributed by atoms with van der Waals surface area (Å²) in [6.45, 7) is 10.2. The number of nitrogens with zero attached hydrogens (tertiary/aromatic N) is 2. The van der Waals surface area contributed by atoms with Gasteiger partial charge >= 0.3 is 6.03 Å². The number of thiazole rings is 1. The molecule has 2 aromatic carbocycles. The summed E-state index contributed by atoms with van der Waals surface area (Å²) in [6.07, 6.45) is 0. The van der Waals surface area contributed by atoms with Gasteiger partial charge in [-0.15, -0.1) is 11.3 Å². The number of urea groups is 1. The molecule has 0 radical (unpaired) electrons. The second-order valence-electron chi connectivity index (χ2n) is 8.15. The predicted octanol–water partition coefficient (Wildman–Crippen LogP) is 5.69. The molecule has 3 amide bonds. The van der Waals surface area contributed by atoms with Crippen molar-refractivity contribution in [1.29, 1.82) is 0 Å². The molecule has 0 aliphatic carbocycles. The summed E-state index contributed by atoms with van der Waals surface area (Å²) >= 11 is 1.38. The van der Waals surface area contributed by atoms with Crippen LogP contribution in [0.3, 0.4) is 0 Å². The lowest BCUT2D eigenvalue weighted by molar-refractivity contribution is 0.0935. The molecule has 0 saturated carbocycles. The molecule has 1 heterocycles. The maximum absolute atomic E-state index is 13.0. The van der Waals surface area contributed by atoms with Crippen molar-refractivity contribution < 1.29 is 9.59 Å². The first-order chi connectivity index (χ1) is 15.3. The van der Waals surface area contributed by atoms with Crippen LogP contribution in [0, 0.1) is 13.8 Å². The van der Waals surface area contributed by atoms with Crippen LogP contribution >= 0.6 is 11.3 Å². The molecule has 0 aliphatic heterocycles. The third kappa shape index (κ3) is 5.73. The van der Waals surface area contributed by atoms with Crippen LogP contribution in [-0.2, 0) is 6.54 Å². The molecule has 7 heteroatoms. The number of carbonyl (C=O) groups is 2. The van der Waals surface area contributed by atoms with Crippen LogP contribution in [0.15, 0.2) is 53.9 Å². The van der Waals surface area contributed by atoms with E-state index in [0.29, 0.717) is 17.2 Å². The van der Waals surface area contributed by atoms with Crippen molar-refractivity contribution in [3.8, 4) is 0 Å². The number of para-hydroxylation sites is 1. The zero-order valence-corrected chi connectivity index (χ0v) is 20.0. The fourth-order valence-corrected chi connectivity index (χ4v) is 4.18. The molecule has 3 aromatic rings. The monoisotopic (exact) mass is 450 g/mol. The molecular weight excluding hydrogens is 420 g/mol. The Hall–Kier alpha value is -3.19. The molecule has 32 heavy (non-hydrogen) atoms. The molecule has 0 aliphatic rings. The van der Waals surface area contributed by atoms with E-state index in [9.17, 15) is 9.59 Å². The van der Waals surface area contributed by atoms with Crippen molar-refractivity contribution in [3.63, 3.8) is 0 Å². The third-order valence-corrected chi connectivity index (χ3v) is 6.17. The summed E-state index contributed by atoms with van der Waals surface area (Å²) in [5.41, 5.74) is 4.26. The Balaban J connectivity index is 1.67. The van der Waals surface area contributed by atoms with Gasteiger partial charge in [-0.3, -0.25) is 4.79 Å². The van der Waals surface area contributed by atoms with Crippen LogP contribution < -0.4 is 10.6 Å². The molecule has 1 unspecified atom stereocenters. The highest BCUT2D eigenvalue weighted by molar-refractivity contribution is 7.09. The Morgan fingerprint density at radius 1 is 1.00 bits per heavy atom. The lowest BCUT2D eigenvalue weighted by Gasteiger charge is -2.27. The van der Waals surface area contributed by atoms with Crippen LogP contribution in [-0.4, -0.2) is 27.9 Å². The number of amides is 3. The maximum Gasteiger partial charge on any atom is 0.322 e. The quantitative estimate of drug-likeness (QED) is 0.485. The van der Waals surface area contributed by atoms with Crippen molar-refractivity contribution in [1.82, 2.24) is 15.2 Å². The highest BCUT2D eigenvalue weighted by Crippen LogP contribution is 2.22. The van der Waals surface area contributed by atoms with E-state index in [-0.39, 0.29) is 24.0 Å². The van der Waals surface area contributed by atoms with Crippen LogP contribution in [0.5, 0.6) is 0 Å². The van der Waals surface area contributed by atoms with Gasteiger partial charge in [0.2, 0.25) is 0 Å². The molecular formula is C25H30N4O2S. The Morgan fingerprint density at radius 3 is 2.28 bits per heavy atom. The number of benzene rings is 2. The van der Waals surface area contributed by atoms with Crippen LogP contribution in [0.25, 0.3) is 0 Å². The number of nitrogens with one attached hydrogen (secondary N) is 2. The van der Waals surface area contributed by atoms with E-state index in [4.69, 9.17) is 0 Å². The van der Waals surface area contributed by atoms with E-state index in [1.165, 1.54) is 11.3 Å². The van der Waals surface area contributed by atoms with Gasteiger partial charge in [0.25, 0.3) is 5.91 Å². The molecule has 2 N–H and O–H groups in total. The summed E-state index contributed by atoms with van der Waals surface area (Å²) in [6, 6.07) is 15.4. The molecule has 0 spiro atoms. The molecule has 1 atom stereocenters. The van der Waals surface area contributed by atoms with Gasteiger partial charge in [0.05, 0.1) is 12.6 Å². The minimum Gasteiger partial charge on any atom is -0.344 e. The van der Waals surface area contributed by atoms with E-state index in [1.807, 2.05) is 83.1 Å². The standard InChI is InChI=1S/C25H30N4O2S/c1-16(2)29(25(31)28-23-17(3)10-9-11-18(23)4)14-22-27-21(15-32-22)24(30)26-19(5)20-12-7-6-8-13-20/h6-13,15-16,19H,14H2,1-5H3,(H,26,30)(H,28,31). The van der Waals surface area contributed by atoms with E-state index < -0.39 is 0 Å². The topological polar surface area (TPSA) is 74.3 Å². The first-order valence-corrected chi connectivity index (χ1v) is 11.6. The zero-order chi connectivity index (χ0) is 23.3. The average molecular weight is 451 g/mol. The van der Waals surface area contributed by atoms with Crippen molar-refractivity contribution in [3.05, 3.63) is 81.3 Å². The largest absolute Gasteiger partial charge is 0.344 e. The normalized spacial score (nSPS) is 11.8. The van der Waals surface area contributed by atoms with Gasteiger partial charge in [-0.05, 0) is 51.3 Å². The van der Waals surface area contributed by atoms with Gasteiger partial charge in [0, 0.05) is 17.1 Å². The van der Waals surface area contributed by atoms with Gasteiger partial charge in [-0.1, -0.05) is 48.5 Å². The summed E-state index contributed by atoms with van der Waals surface area (Å²) in [5, 5.41) is 8.48. The molecule has 168 valence electrons. The summed E-state index contributed by atoms with van der Waals surface area (Å²) in [7, 11) is 0. The first-order valence-electron chi connectivity index (χ1n) is 10.7. The second kappa shape index (κ2) is 10.4. The van der Waals surface area contributed by atoms with Crippen LogP contribution in [0.1, 0.15) is 59.0 Å². The van der Waals surface area contributed by atoms with Gasteiger partial charge < -0.3 is 15.5 Å². The fourth-order valence-electron chi connectivity index (χ4n) is 3.41. The summed E-state index contributed by atoms with van der Waals surface area (Å²) < 4.78 is 0. The highest BCUT2D eigenvalue weighted by atomic mass is 32.1. The number of aryl methyl sites for hydroxylation is 2. The molecule has 0 bridgehead atoms. The van der Waals surface area contributed by atoms with E-state index in [2.05, 4.69) is 15.6 Å². The highest BCUT2D eigenvalue weighted by Gasteiger charge is 2.21. The third-order valence-electron chi connectivity index (χ3n) is 5.33. The second-order valence-corrected chi connectivity index (χ2v) is 9.09. The Labute approximate surface area is 193 Å². The summed E-state index contributed by atoms with van der Waals surface area (Å²) in [5.74, 6) is -0.222. The Morgan fingerprint density at radius 2 is 1.66 bits per heavy atom. The average Bonchev–Trinajstić information content (AvgIpc) is 3.24. The lowest BCUT2D eigenvalue weighted by Crippen LogP contribution is -2.39.